The van der Waals surface area contributed by atoms with Crippen LogP contribution in [0.15, 0.2) is 53.6 Å². The zero-order valence-corrected chi connectivity index (χ0v) is 22.2. The van der Waals surface area contributed by atoms with Gasteiger partial charge >= 0.3 is 15.5 Å². The van der Waals surface area contributed by atoms with Crippen molar-refractivity contribution >= 4 is 20.0 Å². The maximum Gasteiger partial charge on any atom is 0.512 e. The van der Waals surface area contributed by atoms with E-state index in [-0.39, 0.29) is 17.8 Å². The average Bonchev–Trinajstić information content (AvgIpc) is 3.40. The Morgan fingerprint density at radius 3 is 2.21 bits per heavy atom. The number of halogens is 3. The van der Waals surface area contributed by atoms with Crippen LogP contribution in [0.1, 0.15) is 36.0 Å². The van der Waals surface area contributed by atoms with Crippen LogP contribution in [0.4, 0.5) is 13.2 Å². The molecule has 0 saturated carbocycles. The van der Waals surface area contributed by atoms with E-state index in [0.717, 1.165) is 20.8 Å². The third-order valence-corrected chi connectivity index (χ3v) is 8.80. The number of rotatable bonds is 9. The van der Waals surface area contributed by atoms with Crippen molar-refractivity contribution in [3.63, 3.8) is 0 Å². The third kappa shape index (κ3) is 6.12. The third-order valence-electron chi connectivity index (χ3n) is 5.59. The molecule has 16 heteroatoms. The molecule has 2 aromatic heterocycles. The van der Waals surface area contributed by atoms with E-state index in [9.17, 15) is 30.0 Å². The van der Waals surface area contributed by atoms with Crippen LogP contribution >= 0.6 is 0 Å². The molecule has 0 aliphatic carbocycles. The van der Waals surface area contributed by atoms with Crippen LogP contribution in [0.5, 0.6) is 0 Å². The summed E-state index contributed by atoms with van der Waals surface area (Å²) in [5.41, 5.74) is -2.62. The van der Waals surface area contributed by atoms with E-state index in [1.807, 2.05) is 31.2 Å². The molecule has 0 spiro atoms. The number of aryl methyl sites for hydroxylation is 2. The van der Waals surface area contributed by atoms with Crippen LogP contribution in [0, 0.1) is 6.92 Å². The molecule has 0 bridgehead atoms. The van der Waals surface area contributed by atoms with Crippen molar-refractivity contribution in [2.24, 2.45) is 0 Å². The van der Waals surface area contributed by atoms with E-state index in [4.69, 9.17) is 0 Å². The molecule has 0 aliphatic rings. The summed E-state index contributed by atoms with van der Waals surface area (Å²) in [6.45, 7) is 3.19. The number of nitrogens with zero attached hydrogens (tertiary/aromatic N) is 5. The Morgan fingerprint density at radius 2 is 1.62 bits per heavy atom. The lowest BCUT2D eigenvalue weighted by atomic mass is 9.96. The highest BCUT2D eigenvalue weighted by atomic mass is 32.3. The normalized spacial score (nSPS) is 12.5. The van der Waals surface area contributed by atoms with E-state index < -0.39 is 30.6 Å². The summed E-state index contributed by atoms with van der Waals surface area (Å²) in [6.07, 6.45) is 0.761. The second-order valence-electron chi connectivity index (χ2n) is 8.44. The number of aromatic amines is 1. The van der Waals surface area contributed by atoms with E-state index in [1.54, 1.807) is 24.3 Å². The lowest BCUT2D eigenvalue weighted by Gasteiger charge is -2.16. The number of aromatic nitrogens is 6. The van der Waals surface area contributed by atoms with Crippen LogP contribution in [0.3, 0.4) is 0 Å². The van der Waals surface area contributed by atoms with Gasteiger partial charge in [-0.1, -0.05) is 66.0 Å². The molecule has 0 fully saturated rings. The Morgan fingerprint density at radius 1 is 0.949 bits per heavy atom. The predicted molar refractivity (Wildman–Crippen MR) is 134 cm³/mol. The number of hydrogen-bond donors (Lipinski definition) is 2. The Hall–Kier alpha value is -3.76. The summed E-state index contributed by atoms with van der Waals surface area (Å²) < 4.78 is 88.6. The number of hydrogen-bond acceptors (Lipinski definition) is 9. The molecule has 4 aromatic rings. The lowest BCUT2D eigenvalue weighted by Crippen LogP contribution is -2.41. The number of tetrazole rings is 1. The van der Waals surface area contributed by atoms with Gasteiger partial charge in [-0.2, -0.15) is 18.4 Å². The number of alkyl halides is 3. The maximum atomic E-state index is 12.9. The van der Waals surface area contributed by atoms with Gasteiger partial charge in [0.15, 0.2) is 5.03 Å². The molecule has 0 radical (unpaired) electrons. The number of benzene rings is 2. The molecule has 2 heterocycles. The molecular formula is C23H22F3N7O4S2. The van der Waals surface area contributed by atoms with Gasteiger partial charge in [-0.25, -0.2) is 26.8 Å². The zero-order valence-electron chi connectivity index (χ0n) is 20.6. The van der Waals surface area contributed by atoms with E-state index >= 15 is 0 Å². The average molecular weight is 582 g/mol. The Labute approximate surface area is 222 Å². The second-order valence-corrected chi connectivity index (χ2v) is 12.0. The minimum atomic E-state index is -6.21. The van der Waals surface area contributed by atoms with Gasteiger partial charge < -0.3 is 0 Å². The summed E-state index contributed by atoms with van der Waals surface area (Å²) >= 11 is 0. The van der Waals surface area contributed by atoms with E-state index in [0.29, 0.717) is 29.9 Å². The van der Waals surface area contributed by atoms with Gasteiger partial charge in [0.05, 0.1) is 0 Å². The van der Waals surface area contributed by atoms with E-state index in [2.05, 4.69) is 30.6 Å². The largest absolute Gasteiger partial charge is 0.512 e. The van der Waals surface area contributed by atoms with Crippen molar-refractivity contribution in [2.75, 3.05) is 0 Å². The topological polar surface area (TPSA) is 161 Å². The molecule has 0 atom stereocenters. The summed E-state index contributed by atoms with van der Waals surface area (Å²) in [6, 6.07) is 14.4. The monoisotopic (exact) mass is 581 g/mol. The SMILES string of the molecule is CCCc1nc(C)nc(S(=O)(=O)NS(=O)(=O)C(F)(F)F)c1Cc1ccc(-c2ccccc2-c2nn[nH]n2)cc1. The molecular weight excluding hydrogens is 559 g/mol. The first-order valence-electron chi connectivity index (χ1n) is 11.5. The van der Waals surface area contributed by atoms with Crippen LogP contribution in [0.2, 0.25) is 0 Å². The molecule has 4 rings (SSSR count). The Kier molecular flexibility index (Phi) is 7.81. The summed E-state index contributed by atoms with van der Waals surface area (Å²) in [7, 11) is -11.4. The lowest BCUT2D eigenvalue weighted by molar-refractivity contribution is -0.0441. The van der Waals surface area contributed by atoms with Gasteiger partial charge in [-0.3, -0.25) is 0 Å². The van der Waals surface area contributed by atoms with Gasteiger partial charge in [0.1, 0.15) is 5.82 Å². The Bertz CT molecular complexity index is 1690. The molecule has 2 aromatic carbocycles. The molecule has 39 heavy (non-hydrogen) atoms. The smallest absolute Gasteiger partial charge is 0.238 e. The molecule has 0 saturated heterocycles. The van der Waals surface area contributed by atoms with Crippen molar-refractivity contribution in [2.45, 2.75) is 43.6 Å². The molecule has 2 N–H and O–H groups in total. The fraction of sp³-hybridized carbons (Fsp3) is 0.261. The molecule has 0 unspecified atom stereocenters. The summed E-state index contributed by atoms with van der Waals surface area (Å²) in [4.78, 5) is 8.13. The quantitative estimate of drug-likeness (QED) is 0.283. The minimum Gasteiger partial charge on any atom is -0.238 e. The van der Waals surface area contributed by atoms with Crippen molar-refractivity contribution in [1.29, 1.82) is 0 Å². The maximum absolute atomic E-state index is 12.9. The van der Waals surface area contributed by atoms with Crippen LogP contribution < -0.4 is 4.13 Å². The predicted octanol–water partition coefficient (Wildman–Crippen LogP) is 3.30. The van der Waals surface area contributed by atoms with Crippen molar-refractivity contribution in [3.8, 4) is 22.5 Å². The minimum absolute atomic E-state index is 0.00673. The van der Waals surface area contributed by atoms with Gasteiger partial charge in [0, 0.05) is 23.2 Å². The summed E-state index contributed by atoms with van der Waals surface area (Å²) in [5, 5.41) is 13.2. The fourth-order valence-corrected chi connectivity index (χ4v) is 6.53. The number of sulfonamides is 2. The van der Waals surface area contributed by atoms with Gasteiger partial charge in [-0.05, 0) is 35.2 Å². The zero-order chi connectivity index (χ0) is 28.4. The second kappa shape index (κ2) is 10.8. The molecule has 0 aliphatic heterocycles. The first-order chi connectivity index (χ1) is 18.3. The van der Waals surface area contributed by atoms with Crippen LogP contribution in [-0.2, 0) is 32.9 Å². The standard InChI is InChI=1S/C23H22F3N7O4S2/c1-3-6-20-19(22(28-14(2)27-20)38(34,35)33-39(36,37)23(24,25)26)13-15-9-11-16(12-10-15)17-7-4-5-8-18(17)21-29-31-32-30-21/h4-5,7-12,33H,3,6,13H2,1-2H3,(H,29,30,31,32). The Balaban J connectivity index is 1.74. The van der Waals surface area contributed by atoms with Crippen LogP contribution in [0.25, 0.3) is 22.5 Å². The van der Waals surface area contributed by atoms with Crippen molar-refractivity contribution < 1.29 is 30.0 Å². The van der Waals surface area contributed by atoms with E-state index in [1.165, 1.54) is 6.92 Å². The van der Waals surface area contributed by atoms with Crippen molar-refractivity contribution in [1.82, 2.24) is 34.7 Å². The van der Waals surface area contributed by atoms with Gasteiger partial charge in [-0.15, -0.1) is 10.2 Å². The highest BCUT2D eigenvalue weighted by Gasteiger charge is 2.49. The highest BCUT2D eigenvalue weighted by molar-refractivity contribution is 8.05. The molecule has 11 nitrogen and oxygen atoms in total. The fourth-order valence-electron chi connectivity index (χ4n) is 3.91. The van der Waals surface area contributed by atoms with Crippen molar-refractivity contribution in [3.05, 3.63) is 71.2 Å². The first-order valence-corrected chi connectivity index (χ1v) is 14.4. The van der Waals surface area contributed by atoms with Gasteiger partial charge in [0.25, 0.3) is 10.0 Å². The van der Waals surface area contributed by atoms with Crippen LogP contribution in [-0.4, -0.2) is 52.9 Å². The highest BCUT2D eigenvalue weighted by Crippen LogP contribution is 2.31. The number of H-pyrrole nitrogens is 1. The number of nitrogens with one attached hydrogen (secondary N) is 2. The molecule has 0 amide bonds. The first kappa shape index (κ1) is 28.3. The summed E-state index contributed by atoms with van der Waals surface area (Å²) in [5.74, 6) is 0.368. The van der Waals surface area contributed by atoms with Gasteiger partial charge in [0.2, 0.25) is 5.82 Å². The molecule has 206 valence electrons.